The van der Waals surface area contributed by atoms with Crippen molar-refractivity contribution in [2.75, 3.05) is 0 Å². The van der Waals surface area contributed by atoms with Gasteiger partial charge in [-0.1, -0.05) is 12.1 Å². The fourth-order valence-electron chi connectivity index (χ4n) is 1.94. The molecule has 0 aliphatic heterocycles. The summed E-state index contributed by atoms with van der Waals surface area (Å²) in [6.45, 7) is 3.70. The van der Waals surface area contributed by atoms with E-state index in [9.17, 15) is 9.50 Å². The molecule has 2 rings (SSSR count). The maximum atomic E-state index is 13.9. The van der Waals surface area contributed by atoms with Crippen LogP contribution in [0.15, 0.2) is 34.8 Å². The third kappa shape index (κ3) is 2.60. The highest BCUT2D eigenvalue weighted by Crippen LogP contribution is 2.28. The van der Waals surface area contributed by atoms with Crippen LogP contribution in [-0.4, -0.2) is 10.1 Å². The van der Waals surface area contributed by atoms with Gasteiger partial charge in [-0.3, -0.25) is 4.98 Å². The number of hydrogen-bond acceptors (Lipinski definition) is 2. The number of rotatable bonds is 2. The second-order valence-corrected chi connectivity index (χ2v) is 5.08. The first kappa shape index (κ1) is 13.2. The summed E-state index contributed by atoms with van der Waals surface area (Å²) in [5.74, 6) is -0.433. The number of aliphatic hydroxyl groups excluding tert-OH is 1. The van der Waals surface area contributed by atoms with Gasteiger partial charge in [0, 0.05) is 17.0 Å². The SMILES string of the molecule is Cc1cc(C(O)c2cccc(Br)c2F)cc(C)n1. The van der Waals surface area contributed by atoms with Crippen LogP contribution in [0.4, 0.5) is 4.39 Å². The highest BCUT2D eigenvalue weighted by molar-refractivity contribution is 9.10. The Kier molecular flexibility index (Phi) is 3.78. The van der Waals surface area contributed by atoms with E-state index < -0.39 is 11.9 Å². The van der Waals surface area contributed by atoms with E-state index in [-0.39, 0.29) is 5.56 Å². The van der Waals surface area contributed by atoms with Gasteiger partial charge in [0.15, 0.2) is 0 Å². The second kappa shape index (κ2) is 5.16. The zero-order valence-electron chi connectivity index (χ0n) is 10.1. The zero-order chi connectivity index (χ0) is 13.3. The minimum atomic E-state index is -0.983. The van der Waals surface area contributed by atoms with Crippen molar-refractivity contribution in [1.29, 1.82) is 0 Å². The first-order chi connectivity index (χ1) is 8.49. The van der Waals surface area contributed by atoms with Crippen molar-refractivity contribution < 1.29 is 9.50 Å². The van der Waals surface area contributed by atoms with Gasteiger partial charge in [-0.15, -0.1) is 0 Å². The molecule has 1 atom stereocenters. The standard InChI is InChI=1S/C14H13BrFNO/c1-8-6-10(7-9(2)17-8)14(18)11-4-3-5-12(15)13(11)16/h3-7,14,18H,1-2H3. The van der Waals surface area contributed by atoms with Crippen molar-refractivity contribution in [2.45, 2.75) is 20.0 Å². The Morgan fingerprint density at radius 2 is 1.83 bits per heavy atom. The lowest BCUT2D eigenvalue weighted by atomic mass is 10.0. The summed E-state index contributed by atoms with van der Waals surface area (Å²) in [4.78, 5) is 4.24. The van der Waals surface area contributed by atoms with E-state index in [1.807, 2.05) is 13.8 Å². The van der Waals surface area contributed by atoms with Crippen LogP contribution in [0, 0.1) is 19.7 Å². The molecule has 1 aromatic heterocycles. The maximum absolute atomic E-state index is 13.9. The summed E-state index contributed by atoms with van der Waals surface area (Å²) in [7, 11) is 0. The summed E-state index contributed by atoms with van der Waals surface area (Å²) in [6.07, 6.45) is -0.983. The molecule has 2 nitrogen and oxygen atoms in total. The van der Waals surface area contributed by atoms with Gasteiger partial charge in [0.1, 0.15) is 11.9 Å². The molecule has 2 aromatic rings. The monoisotopic (exact) mass is 309 g/mol. The summed E-state index contributed by atoms with van der Waals surface area (Å²) in [5, 5.41) is 10.3. The van der Waals surface area contributed by atoms with Gasteiger partial charge in [0.2, 0.25) is 0 Å². The summed E-state index contributed by atoms with van der Waals surface area (Å²) < 4.78 is 14.3. The highest BCUT2D eigenvalue weighted by Gasteiger charge is 2.17. The van der Waals surface area contributed by atoms with Crippen LogP contribution < -0.4 is 0 Å². The Balaban J connectivity index is 2.47. The van der Waals surface area contributed by atoms with Crippen LogP contribution in [-0.2, 0) is 0 Å². The Morgan fingerprint density at radius 3 is 2.44 bits per heavy atom. The molecule has 0 bridgehead atoms. The molecule has 1 N–H and O–H groups in total. The molecule has 0 saturated carbocycles. The lowest BCUT2D eigenvalue weighted by Crippen LogP contribution is -2.04. The van der Waals surface area contributed by atoms with Gasteiger partial charge >= 0.3 is 0 Å². The molecule has 0 fully saturated rings. The van der Waals surface area contributed by atoms with Crippen LogP contribution in [0.2, 0.25) is 0 Å². The average Bonchev–Trinajstić information content (AvgIpc) is 2.30. The molecule has 0 aliphatic carbocycles. The minimum absolute atomic E-state index is 0.259. The van der Waals surface area contributed by atoms with E-state index in [4.69, 9.17) is 0 Å². The lowest BCUT2D eigenvalue weighted by Gasteiger charge is -2.14. The quantitative estimate of drug-likeness (QED) is 0.918. The number of nitrogens with zero attached hydrogens (tertiary/aromatic N) is 1. The molecule has 1 aromatic carbocycles. The van der Waals surface area contributed by atoms with Crippen LogP contribution in [0.25, 0.3) is 0 Å². The van der Waals surface area contributed by atoms with E-state index >= 15 is 0 Å². The number of halogens is 2. The molecule has 18 heavy (non-hydrogen) atoms. The number of aryl methyl sites for hydroxylation is 2. The summed E-state index contributed by atoms with van der Waals surface area (Å²) in [6, 6.07) is 8.41. The molecule has 0 aliphatic rings. The van der Waals surface area contributed by atoms with Crippen molar-refractivity contribution in [3.63, 3.8) is 0 Å². The predicted octanol–water partition coefficient (Wildman–Crippen LogP) is 3.68. The van der Waals surface area contributed by atoms with Crippen molar-refractivity contribution in [2.24, 2.45) is 0 Å². The van der Waals surface area contributed by atoms with Gasteiger partial charge in [-0.05, 0) is 53.5 Å². The third-order valence-corrected chi connectivity index (χ3v) is 3.31. The molecule has 4 heteroatoms. The van der Waals surface area contributed by atoms with E-state index in [2.05, 4.69) is 20.9 Å². The minimum Gasteiger partial charge on any atom is -0.384 e. The first-order valence-electron chi connectivity index (χ1n) is 5.56. The van der Waals surface area contributed by atoms with Crippen molar-refractivity contribution in [3.8, 4) is 0 Å². The van der Waals surface area contributed by atoms with Crippen LogP contribution in [0.1, 0.15) is 28.6 Å². The Morgan fingerprint density at radius 1 is 1.22 bits per heavy atom. The van der Waals surface area contributed by atoms with Gasteiger partial charge in [0.25, 0.3) is 0 Å². The molecule has 94 valence electrons. The average molecular weight is 310 g/mol. The molecule has 0 radical (unpaired) electrons. The number of hydrogen-bond donors (Lipinski definition) is 1. The molecular formula is C14H13BrFNO. The van der Waals surface area contributed by atoms with Gasteiger partial charge < -0.3 is 5.11 Å². The van der Waals surface area contributed by atoms with E-state index in [0.29, 0.717) is 10.0 Å². The topological polar surface area (TPSA) is 33.1 Å². The van der Waals surface area contributed by atoms with Gasteiger partial charge in [-0.25, -0.2) is 4.39 Å². The van der Waals surface area contributed by atoms with Crippen molar-refractivity contribution in [3.05, 3.63) is 63.1 Å². The number of aliphatic hydroxyl groups is 1. The van der Waals surface area contributed by atoms with E-state index in [1.165, 1.54) is 0 Å². The zero-order valence-corrected chi connectivity index (χ0v) is 11.7. The molecular weight excluding hydrogens is 297 g/mol. The van der Waals surface area contributed by atoms with Gasteiger partial charge in [0.05, 0.1) is 4.47 Å². The van der Waals surface area contributed by atoms with Crippen LogP contribution in [0.3, 0.4) is 0 Å². The van der Waals surface area contributed by atoms with Crippen LogP contribution in [0.5, 0.6) is 0 Å². The van der Waals surface area contributed by atoms with E-state index in [0.717, 1.165) is 11.4 Å². The number of pyridine rings is 1. The summed E-state index contributed by atoms with van der Waals surface area (Å²) >= 11 is 3.12. The highest BCUT2D eigenvalue weighted by atomic mass is 79.9. The fourth-order valence-corrected chi connectivity index (χ4v) is 2.32. The normalized spacial score (nSPS) is 12.5. The summed E-state index contributed by atoms with van der Waals surface area (Å²) in [5.41, 5.74) is 2.52. The largest absolute Gasteiger partial charge is 0.384 e. The third-order valence-electron chi connectivity index (χ3n) is 2.70. The fraction of sp³-hybridized carbons (Fsp3) is 0.214. The first-order valence-corrected chi connectivity index (χ1v) is 6.35. The lowest BCUT2D eigenvalue weighted by molar-refractivity contribution is 0.214. The molecule has 0 saturated heterocycles. The molecule has 0 spiro atoms. The van der Waals surface area contributed by atoms with Gasteiger partial charge in [-0.2, -0.15) is 0 Å². The Bertz CT molecular complexity index is 566. The van der Waals surface area contributed by atoms with E-state index in [1.54, 1.807) is 30.3 Å². The second-order valence-electron chi connectivity index (χ2n) is 4.23. The maximum Gasteiger partial charge on any atom is 0.143 e. The Hall–Kier alpha value is -1.26. The molecule has 1 heterocycles. The smallest absolute Gasteiger partial charge is 0.143 e. The van der Waals surface area contributed by atoms with Crippen LogP contribution >= 0.6 is 15.9 Å². The van der Waals surface area contributed by atoms with Crippen molar-refractivity contribution >= 4 is 15.9 Å². The Labute approximate surface area is 114 Å². The predicted molar refractivity (Wildman–Crippen MR) is 71.9 cm³/mol. The number of benzene rings is 1. The van der Waals surface area contributed by atoms with Crippen molar-refractivity contribution in [1.82, 2.24) is 4.98 Å². The molecule has 1 unspecified atom stereocenters. The number of aromatic nitrogens is 1. The molecule has 0 amide bonds.